The first-order chi connectivity index (χ1) is 15.1. The second kappa shape index (κ2) is 11.5. The molecule has 0 atom stereocenters. The quantitative estimate of drug-likeness (QED) is 0.416. The molecule has 2 N–H and O–H groups in total. The average molecular weight is 417 g/mol. The maximum atomic E-state index is 12.4. The Bertz CT molecular complexity index is 1000. The lowest BCUT2D eigenvalue weighted by Gasteiger charge is -2.13. The summed E-state index contributed by atoms with van der Waals surface area (Å²) >= 11 is 0. The largest absolute Gasteiger partial charge is 0.493 e. The number of nitrogens with one attached hydrogen (secondary N) is 2. The van der Waals surface area contributed by atoms with Gasteiger partial charge in [-0.2, -0.15) is 0 Å². The highest BCUT2D eigenvalue weighted by Crippen LogP contribution is 2.24. The summed E-state index contributed by atoms with van der Waals surface area (Å²) in [5, 5.41) is 6.02. The molecule has 3 rings (SSSR count). The molecule has 0 bridgehead atoms. The van der Waals surface area contributed by atoms with Gasteiger partial charge in [-0.15, -0.1) is 0 Å². The SMILES string of the molecule is C=C(C)COc1ccccc1NC(=O)CNc1cccc(OCCc2ccccc2)c1. The number of hydrogen-bond donors (Lipinski definition) is 2. The maximum Gasteiger partial charge on any atom is 0.243 e. The fourth-order valence-corrected chi connectivity index (χ4v) is 2.90. The zero-order valence-electron chi connectivity index (χ0n) is 17.8. The van der Waals surface area contributed by atoms with Gasteiger partial charge in [0.2, 0.25) is 5.91 Å². The van der Waals surface area contributed by atoms with Crippen LogP contribution in [0, 0.1) is 0 Å². The van der Waals surface area contributed by atoms with Crippen molar-refractivity contribution in [2.45, 2.75) is 13.3 Å². The van der Waals surface area contributed by atoms with Crippen molar-refractivity contribution in [3.8, 4) is 11.5 Å². The Morgan fingerprint density at radius 3 is 2.52 bits per heavy atom. The topological polar surface area (TPSA) is 59.6 Å². The Hall–Kier alpha value is -3.73. The van der Waals surface area contributed by atoms with Crippen molar-refractivity contribution in [1.29, 1.82) is 0 Å². The molecule has 0 spiro atoms. The summed E-state index contributed by atoms with van der Waals surface area (Å²) in [5.41, 5.74) is 3.60. The third-order valence-corrected chi connectivity index (χ3v) is 4.42. The zero-order chi connectivity index (χ0) is 21.9. The minimum atomic E-state index is -0.165. The van der Waals surface area contributed by atoms with E-state index >= 15 is 0 Å². The maximum absolute atomic E-state index is 12.4. The molecule has 0 fully saturated rings. The molecule has 1 amide bonds. The normalized spacial score (nSPS) is 10.2. The van der Waals surface area contributed by atoms with Crippen LogP contribution in [0.3, 0.4) is 0 Å². The van der Waals surface area contributed by atoms with Crippen LogP contribution in [-0.4, -0.2) is 25.7 Å². The van der Waals surface area contributed by atoms with Crippen molar-refractivity contribution in [2.75, 3.05) is 30.4 Å². The van der Waals surface area contributed by atoms with E-state index in [0.717, 1.165) is 23.4 Å². The third kappa shape index (κ3) is 7.55. The van der Waals surface area contributed by atoms with Gasteiger partial charge < -0.3 is 20.1 Å². The van der Waals surface area contributed by atoms with Gasteiger partial charge in [-0.1, -0.05) is 55.1 Å². The van der Waals surface area contributed by atoms with E-state index in [1.54, 1.807) is 0 Å². The van der Waals surface area contributed by atoms with E-state index in [1.165, 1.54) is 5.56 Å². The van der Waals surface area contributed by atoms with Gasteiger partial charge in [-0.05, 0) is 42.3 Å². The summed E-state index contributed by atoms with van der Waals surface area (Å²) in [7, 11) is 0. The number of para-hydroxylation sites is 2. The molecule has 0 unspecified atom stereocenters. The van der Waals surface area contributed by atoms with Gasteiger partial charge >= 0.3 is 0 Å². The van der Waals surface area contributed by atoms with Crippen LogP contribution in [0.2, 0.25) is 0 Å². The number of ether oxygens (including phenoxy) is 2. The van der Waals surface area contributed by atoms with Gasteiger partial charge in [0.25, 0.3) is 0 Å². The number of benzene rings is 3. The highest BCUT2D eigenvalue weighted by atomic mass is 16.5. The summed E-state index contributed by atoms with van der Waals surface area (Å²) in [5.74, 6) is 1.22. The van der Waals surface area contributed by atoms with Crippen molar-refractivity contribution in [2.24, 2.45) is 0 Å². The molecule has 3 aromatic carbocycles. The van der Waals surface area contributed by atoms with Gasteiger partial charge in [0.05, 0.1) is 18.8 Å². The first kappa shape index (κ1) is 22.0. The van der Waals surface area contributed by atoms with E-state index in [-0.39, 0.29) is 12.5 Å². The third-order valence-electron chi connectivity index (χ3n) is 4.42. The van der Waals surface area contributed by atoms with Crippen LogP contribution in [0.4, 0.5) is 11.4 Å². The summed E-state index contributed by atoms with van der Waals surface area (Å²) in [6.07, 6.45) is 0.841. The molecule has 0 aliphatic rings. The number of carbonyl (C=O) groups excluding carboxylic acids is 1. The number of rotatable bonds is 11. The van der Waals surface area contributed by atoms with E-state index in [1.807, 2.05) is 73.7 Å². The van der Waals surface area contributed by atoms with Crippen molar-refractivity contribution in [3.05, 3.63) is 96.6 Å². The predicted octanol–water partition coefficient (Wildman–Crippen LogP) is 5.31. The van der Waals surface area contributed by atoms with Crippen molar-refractivity contribution >= 4 is 17.3 Å². The standard InChI is InChI=1S/C26H28N2O3/c1-20(2)19-31-25-14-7-6-13-24(25)28-26(29)18-27-22-11-8-12-23(17-22)30-16-15-21-9-4-3-5-10-21/h3-14,17,27H,1,15-16,18-19H2,2H3,(H,28,29). The molecule has 0 heterocycles. The number of hydrogen-bond acceptors (Lipinski definition) is 4. The smallest absolute Gasteiger partial charge is 0.243 e. The predicted molar refractivity (Wildman–Crippen MR) is 126 cm³/mol. The lowest BCUT2D eigenvalue weighted by molar-refractivity contribution is -0.114. The van der Waals surface area contributed by atoms with Gasteiger partial charge in [0.1, 0.15) is 18.1 Å². The molecular weight excluding hydrogens is 388 g/mol. The van der Waals surface area contributed by atoms with Crippen LogP contribution in [-0.2, 0) is 11.2 Å². The van der Waals surface area contributed by atoms with Gasteiger partial charge in [-0.25, -0.2) is 0 Å². The van der Waals surface area contributed by atoms with Crippen LogP contribution < -0.4 is 20.1 Å². The molecule has 5 heteroatoms. The summed E-state index contributed by atoms with van der Waals surface area (Å²) < 4.78 is 11.5. The molecule has 0 saturated heterocycles. The summed E-state index contributed by atoms with van der Waals surface area (Å²) in [4.78, 5) is 12.4. The highest BCUT2D eigenvalue weighted by molar-refractivity contribution is 5.95. The Morgan fingerprint density at radius 2 is 1.71 bits per heavy atom. The molecule has 0 aliphatic heterocycles. The number of anilines is 2. The van der Waals surface area contributed by atoms with Crippen LogP contribution >= 0.6 is 0 Å². The number of amides is 1. The van der Waals surface area contributed by atoms with Gasteiger partial charge in [0, 0.05) is 18.2 Å². The van der Waals surface area contributed by atoms with E-state index in [0.29, 0.717) is 24.7 Å². The second-order valence-corrected chi connectivity index (χ2v) is 7.26. The molecule has 0 aliphatic carbocycles. The van der Waals surface area contributed by atoms with E-state index < -0.39 is 0 Å². The molecule has 3 aromatic rings. The molecular formula is C26H28N2O3. The van der Waals surface area contributed by atoms with Crippen LogP contribution in [0.25, 0.3) is 0 Å². The Kier molecular flexibility index (Phi) is 8.12. The molecule has 5 nitrogen and oxygen atoms in total. The number of carbonyl (C=O) groups is 1. The Balaban J connectivity index is 1.48. The van der Waals surface area contributed by atoms with E-state index in [9.17, 15) is 4.79 Å². The van der Waals surface area contributed by atoms with Crippen LogP contribution in [0.5, 0.6) is 11.5 Å². The van der Waals surface area contributed by atoms with Crippen LogP contribution in [0.1, 0.15) is 12.5 Å². The Morgan fingerprint density at radius 1 is 0.935 bits per heavy atom. The summed E-state index contributed by atoms with van der Waals surface area (Å²) in [6, 6.07) is 25.2. The monoisotopic (exact) mass is 416 g/mol. The molecule has 0 aromatic heterocycles. The minimum absolute atomic E-state index is 0.127. The van der Waals surface area contributed by atoms with Crippen molar-refractivity contribution in [1.82, 2.24) is 0 Å². The molecule has 31 heavy (non-hydrogen) atoms. The first-order valence-corrected chi connectivity index (χ1v) is 10.3. The molecule has 160 valence electrons. The van der Waals surface area contributed by atoms with E-state index in [4.69, 9.17) is 9.47 Å². The average Bonchev–Trinajstić information content (AvgIpc) is 2.78. The van der Waals surface area contributed by atoms with Crippen molar-refractivity contribution in [3.63, 3.8) is 0 Å². The zero-order valence-corrected chi connectivity index (χ0v) is 17.8. The van der Waals surface area contributed by atoms with Gasteiger partial charge in [0.15, 0.2) is 0 Å². The van der Waals surface area contributed by atoms with Crippen LogP contribution in [0.15, 0.2) is 91.0 Å². The molecule has 0 saturated carbocycles. The lowest BCUT2D eigenvalue weighted by atomic mass is 10.2. The Labute approximate surface area is 183 Å². The fourth-order valence-electron chi connectivity index (χ4n) is 2.90. The van der Waals surface area contributed by atoms with Crippen molar-refractivity contribution < 1.29 is 14.3 Å². The second-order valence-electron chi connectivity index (χ2n) is 7.26. The molecule has 0 radical (unpaired) electrons. The fraction of sp³-hybridized carbons (Fsp3) is 0.192. The highest BCUT2D eigenvalue weighted by Gasteiger charge is 2.08. The van der Waals surface area contributed by atoms with Gasteiger partial charge in [-0.3, -0.25) is 4.79 Å². The minimum Gasteiger partial charge on any atom is -0.493 e. The summed E-state index contributed by atoms with van der Waals surface area (Å²) in [6.45, 7) is 6.85. The first-order valence-electron chi connectivity index (χ1n) is 10.3. The lowest BCUT2D eigenvalue weighted by Crippen LogP contribution is -2.22. The van der Waals surface area contributed by atoms with E-state index in [2.05, 4.69) is 29.3 Å².